The van der Waals surface area contributed by atoms with Crippen LogP contribution in [0.1, 0.15) is 109 Å². The number of carbonyl (C=O) groups is 1. The number of aryl methyl sites for hydroxylation is 4. The number of likely N-dealkylation sites (N-methyl/N-ethyl adjacent to an activating group) is 1. The third kappa shape index (κ3) is 46.8. The second-order valence-corrected chi connectivity index (χ2v) is 12.7. The molecule has 0 saturated carbocycles. The molecule has 4 unspecified atom stereocenters. The largest absolute Gasteiger partial charge is 0.394 e. The highest BCUT2D eigenvalue weighted by Gasteiger charge is 2.29. The quantitative estimate of drug-likeness (QED) is 0.0137. The van der Waals surface area contributed by atoms with Gasteiger partial charge in [0.25, 0.3) is 0 Å². The van der Waals surface area contributed by atoms with E-state index in [0.29, 0.717) is 35.8 Å². The third-order valence-electron chi connectivity index (χ3n) is 7.36. The molecule has 29 nitrogen and oxygen atoms in total. The van der Waals surface area contributed by atoms with Crippen LogP contribution in [0.25, 0.3) is 0 Å². The number of amides is 1. The third-order valence-corrected chi connectivity index (χ3v) is 8.19. The number of anilines is 4. The van der Waals surface area contributed by atoms with Crippen molar-refractivity contribution < 1.29 is 20.9 Å². The summed E-state index contributed by atoms with van der Waals surface area (Å²) in [5, 5.41) is 36.3. The molecular weight excluding hydrogens is 1330 g/mol. The number of hydrogen-bond donors (Lipinski definition) is 8. The van der Waals surface area contributed by atoms with Gasteiger partial charge in [-0.1, -0.05) is 154 Å². The number of nitrogen functional groups attached to an aromatic ring is 1. The molecule has 83 heavy (non-hydrogen) atoms. The second-order valence-electron chi connectivity index (χ2n) is 11.6. The lowest BCUT2D eigenvalue weighted by molar-refractivity contribution is -0.385. The Balaban J connectivity index is -0.0000000452. The lowest BCUT2D eigenvalue weighted by atomic mass is 10.2. The van der Waals surface area contributed by atoms with Crippen LogP contribution in [0.5, 0.6) is 0 Å². The Morgan fingerprint density at radius 1 is 0.566 bits per heavy atom. The maximum Gasteiger partial charge on any atom is 0.343 e. The summed E-state index contributed by atoms with van der Waals surface area (Å²) in [6.45, 7) is 17.4. The number of nitro groups is 3. The zero-order valence-corrected chi connectivity index (χ0v) is 51.9. The smallest absolute Gasteiger partial charge is 0.343 e. The Kier molecular flexibility index (Phi) is 107. The Hall–Kier alpha value is -4.15. The zero-order chi connectivity index (χ0) is 57.8. The lowest BCUT2D eigenvalue weighted by Crippen LogP contribution is -2.26. The fourth-order valence-electron chi connectivity index (χ4n) is 4.53. The van der Waals surface area contributed by atoms with Crippen molar-refractivity contribution in [2.45, 2.75) is 114 Å². The van der Waals surface area contributed by atoms with E-state index in [4.69, 9.17) is 47.6 Å². The van der Waals surface area contributed by atoms with E-state index in [-0.39, 0.29) is 130 Å². The van der Waals surface area contributed by atoms with E-state index in [9.17, 15) is 35.1 Å². The molecule has 14 N–H and O–H groups in total. The highest BCUT2D eigenvalue weighted by Crippen LogP contribution is 2.28. The molecule has 0 bridgehead atoms. The zero-order valence-electron chi connectivity index (χ0n) is 43.8. The van der Waals surface area contributed by atoms with Gasteiger partial charge in [-0.05, 0) is 59.9 Å². The number of carbonyl (C=O) groups excluding carboxylic acids is 1. The molecule has 6 rings (SSSR count). The molecule has 472 valence electrons. The summed E-state index contributed by atoms with van der Waals surface area (Å²) in [6, 6.07) is 0. The standard InChI is InChI=1S/C9H11N3O.C7H10N4O2.C7H12N4.C5H4ClN3O2.C4HCl2N3O2.C2H7N.CH3I.7CH4.4B.4H4NP/c1-3-12-8(13)4-7-6(2)10-5-11-9(7)12;1-3-8-7-6(11(12)13)5(2)9-4-10-7;1-3-9-7-6(8)5(2)10-4-11-7;1-3-4(9(10)11)5(6)8-2-7-3;5-3-2(9(10)11)4(6)8-1-7-3;1-2-3;1-2;;;;;;;;;;;;4*1-2/h5H,3-4H2,1-2H3;4H,3H2,1-2H3,(H,8,9,10);4H,3,8H2,1-2H3,(H,9,10,11);2H,1H3;1H;2-3H2,1H3;1H3;7*1H4;;;;;4*1-2H2/i;;;;;;1D;;;;;;;;;;;;;;;. The molecule has 5 aromatic heterocycles. The Labute approximate surface area is 541 Å². The minimum atomic E-state index is -0.731. The molecule has 1 aliphatic heterocycles. The van der Waals surface area contributed by atoms with Gasteiger partial charge in [-0.3, -0.25) is 40.0 Å². The molecule has 6 heterocycles. The van der Waals surface area contributed by atoms with Crippen molar-refractivity contribution in [3.8, 4) is 0 Å². The molecule has 5 aromatic rings. The van der Waals surface area contributed by atoms with Crippen LogP contribution in [-0.2, 0) is 11.2 Å². The maximum atomic E-state index is 11.5. The van der Waals surface area contributed by atoms with E-state index in [0.717, 1.165) is 48.0 Å². The van der Waals surface area contributed by atoms with Crippen molar-refractivity contribution in [1.82, 2.24) is 49.8 Å². The summed E-state index contributed by atoms with van der Waals surface area (Å²) in [5.41, 5.74) is 31.4. The van der Waals surface area contributed by atoms with E-state index < -0.39 is 20.5 Å². The first-order valence-corrected chi connectivity index (χ1v) is 25.0. The SMILES string of the molecule is C.C.C.C.C.C.C.CCN.CCN1C(=O)Cc2c(C)ncnc21.CCNc1ncnc(C)c1N.CCNc1ncnc(C)c1[N+](=O)[O-].Cc1ncnc(Cl)c1[N+](=O)[O-].NP.NP.NP.NP.O=[N+]([O-])c1c(Cl)ncnc1Cl.[2H]CI.[B].[B].[B].[B]. The topological polar surface area (TPSA) is 459 Å². The first-order valence-electron chi connectivity index (χ1n) is 20.4. The molecular formula is C42H92B4Cl3IN22O7P4. The van der Waals surface area contributed by atoms with Gasteiger partial charge in [-0.2, -0.15) is 0 Å². The number of nitrogens with two attached hydrogens (primary N) is 6. The van der Waals surface area contributed by atoms with Crippen LogP contribution in [0.15, 0.2) is 31.6 Å². The molecule has 1 amide bonds. The minimum absolute atomic E-state index is 0. The van der Waals surface area contributed by atoms with E-state index in [2.05, 4.69) is 82.5 Å². The van der Waals surface area contributed by atoms with Crippen molar-refractivity contribution in [3.05, 3.63) is 106 Å². The normalized spacial score (nSPS) is 8.42. The summed E-state index contributed by atoms with van der Waals surface area (Å²) in [6.07, 6.45) is 7.01. The Morgan fingerprint density at radius 3 is 1.18 bits per heavy atom. The van der Waals surface area contributed by atoms with Crippen molar-refractivity contribution in [2.75, 3.05) is 52.4 Å². The van der Waals surface area contributed by atoms with Crippen LogP contribution in [0.3, 0.4) is 0 Å². The molecule has 41 heteroatoms. The summed E-state index contributed by atoms with van der Waals surface area (Å²) in [7, 11) is 7.67. The number of fused-ring (bicyclic) bond motifs is 1. The van der Waals surface area contributed by atoms with Crippen LogP contribution in [0.4, 0.5) is 40.2 Å². The fourth-order valence-corrected chi connectivity index (χ4v) is 5.23. The number of nitrogens with zero attached hydrogens (tertiary/aromatic N) is 14. The summed E-state index contributed by atoms with van der Waals surface area (Å²) in [5.74, 6) is 1.92. The summed E-state index contributed by atoms with van der Waals surface area (Å²) < 4.78 is 6.20. The number of nitrogens with one attached hydrogen (secondary N) is 2. The van der Waals surface area contributed by atoms with E-state index >= 15 is 0 Å². The van der Waals surface area contributed by atoms with E-state index in [1.165, 1.54) is 32.2 Å². The first kappa shape index (κ1) is 117. The summed E-state index contributed by atoms with van der Waals surface area (Å²) in [4.78, 5) is 80.4. The maximum absolute atomic E-state index is 11.5. The Bertz CT molecular complexity index is 2280. The van der Waals surface area contributed by atoms with Crippen molar-refractivity contribution in [2.24, 2.45) is 27.8 Å². The van der Waals surface area contributed by atoms with Gasteiger partial charge in [0.05, 0.1) is 32.6 Å². The minimum Gasteiger partial charge on any atom is -0.394 e. The highest BCUT2D eigenvalue weighted by atomic mass is 127. The predicted molar refractivity (Wildman–Crippen MR) is 379 cm³/mol. The fraction of sp³-hybridized carbons (Fsp3) is 0.500. The number of hydrogen-bond acceptors (Lipinski definition) is 25. The van der Waals surface area contributed by atoms with Gasteiger partial charge in [0.2, 0.25) is 27.2 Å². The average Bonchev–Trinajstić information content (AvgIpc) is 3.70. The van der Waals surface area contributed by atoms with Crippen LogP contribution < -0.4 is 49.0 Å². The van der Waals surface area contributed by atoms with Crippen molar-refractivity contribution in [3.63, 3.8) is 0 Å². The van der Waals surface area contributed by atoms with Gasteiger partial charge < -0.3 is 44.1 Å². The monoisotopic (exact) mass is 1420 g/mol. The van der Waals surface area contributed by atoms with Crippen molar-refractivity contribution in [1.29, 1.82) is 0 Å². The molecule has 1 aliphatic rings. The average molecular weight is 1420 g/mol. The second kappa shape index (κ2) is 75.9. The van der Waals surface area contributed by atoms with Gasteiger partial charge in [-0.15, -0.1) is 0 Å². The van der Waals surface area contributed by atoms with Gasteiger partial charge in [0.15, 0.2) is 5.82 Å². The van der Waals surface area contributed by atoms with Crippen LogP contribution in [0, 0.1) is 58.0 Å². The molecule has 0 fully saturated rings. The molecule has 12 radical (unpaired) electrons. The van der Waals surface area contributed by atoms with Crippen LogP contribution in [0.2, 0.25) is 15.5 Å². The van der Waals surface area contributed by atoms with Crippen LogP contribution in [-0.4, -0.2) is 135 Å². The van der Waals surface area contributed by atoms with E-state index in [1.807, 2.05) is 102 Å². The van der Waals surface area contributed by atoms with E-state index in [1.54, 1.807) is 11.8 Å². The molecule has 4 atom stereocenters. The molecule has 0 spiro atoms. The molecule has 0 aromatic carbocycles. The Morgan fingerprint density at radius 2 is 0.855 bits per heavy atom. The molecule has 0 saturated heterocycles. The summed E-state index contributed by atoms with van der Waals surface area (Å²) >= 11 is 18.1. The van der Waals surface area contributed by atoms with Gasteiger partial charge >= 0.3 is 17.1 Å². The molecule has 0 aliphatic carbocycles. The lowest BCUT2D eigenvalue weighted by Gasteiger charge is -2.12. The number of aromatic nitrogens is 10. The predicted octanol–water partition coefficient (Wildman–Crippen LogP) is 8.54. The van der Waals surface area contributed by atoms with Gasteiger partial charge in [0, 0.05) is 65.9 Å². The van der Waals surface area contributed by atoms with Crippen LogP contribution >= 0.6 is 95.0 Å². The number of halogens is 4. The number of alkyl halides is 1. The first-order chi connectivity index (χ1) is 34.7. The van der Waals surface area contributed by atoms with Gasteiger partial charge in [-0.25, -0.2) is 49.8 Å². The number of rotatable bonds is 8. The van der Waals surface area contributed by atoms with Gasteiger partial charge in [0.1, 0.15) is 48.8 Å². The highest BCUT2D eigenvalue weighted by molar-refractivity contribution is 14.1. The van der Waals surface area contributed by atoms with Crippen molar-refractivity contribution >= 4 is 175 Å².